The quantitative estimate of drug-likeness (QED) is 0.911. The molecule has 0 aliphatic carbocycles. The van der Waals surface area contributed by atoms with Gasteiger partial charge in [0.15, 0.2) is 0 Å². The van der Waals surface area contributed by atoms with Gasteiger partial charge >= 0.3 is 0 Å². The molecule has 20 heavy (non-hydrogen) atoms. The van der Waals surface area contributed by atoms with Crippen LogP contribution in [0, 0.1) is 17.5 Å². The van der Waals surface area contributed by atoms with Gasteiger partial charge in [0.25, 0.3) is 0 Å². The zero-order valence-corrected chi connectivity index (χ0v) is 11.3. The standard InChI is InChI=1S/C15H13ClF3N/c16-12-4-1-3-9(15(12)19)7-10(20)8-11-13(17)5-2-6-14(11)18/h1-6,10H,7-8,20H2. The molecule has 0 spiro atoms. The normalized spacial score (nSPS) is 12.4. The molecule has 1 unspecified atom stereocenters. The molecule has 0 amide bonds. The second-order valence-electron chi connectivity index (χ2n) is 4.58. The zero-order valence-electron chi connectivity index (χ0n) is 10.5. The smallest absolute Gasteiger partial charge is 0.145 e. The fraction of sp³-hybridized carbons (Fsp3) is 0.200. The predicted molar refractivity (Wildman–Crippen MR) is 73.2 cm³/mol. The van der Waals surface area contributed by atoms with Crippen LogP contribution in [0.2, 0.25) is 5.02 Å². The van der Waals surface area contributed by atoms with E-state index in [1.165, 1.54) is 24.3 Å². The molecule has 0 radical (unpaired) electrons. The first-order valence-corrected chi connectivity index (χ1v) is 6.48. The molecule has 0 aromatic heterocycles. The van der Waals surface area contributed by atoms with E-state index in [9.17, 15) is 13.2 Å². The van der Waals surface area contributed by atoms with E-state index in [1.54, 1.807) is 12.1 Å². The molecule has 2 aromatic carbocycles. The minimum absolute atomic E-state index is 0.00627. The highest BCUT2D eigenvalue weighted by molar-refractivity contribution is 6.30. The van der Waals surface area contributed by atoms with Crippen LogP contribution in [-0.2, 0) is 12.8 Å². The fourth-order valence-electron chi connectivity index (χ4n) is 2.05. The van der Waals surface area contributed by atoms with Crippen molar-refractivity contribution in [3.8, 4) is 0 Å². The van der Waals surface area contributed by atoms with Crippen molar-refractivity contribution in [3.05, 3.63) is 70.0 Å². The monoisotopic (exact) mass is 299 g/mol. The third-order valence-electron chi connectivity index (χ3n) is 3.04. The highest BCUT2D eigenvalue weighted by Crippen LogP contribution is 2.20. The van der Waals surface area contributed by atoms with Crippen LogP contribution in [0.25, 0.3) is 0 Å². The molecule has 0 bridgehead atoms. The zero-order chi connectivity index (χ0) is 14.7. The van der Waals surface area contributed by atoms with E-state index in [1.807, 2.05) is 0 Å². The summed E-state index contributed by atoms with van der Waals surface area (Å²) in [5, 5.41) is 0.00627. The lowest BCUT2D eigenvalue weighted by Crippen LogP contribution is -2.27. The van der Waals surface area contributed by atoms with Gasteiger partial charge in [0.2, 0.25) is 0 Å². The van der Waals surface area contributed by atoms with Crippen molar-refractivity contribution >= 4 is 11.6 Å². The van der Waals surface area contributed by atoms with Crippen LogP contribution in [0.4, 0.5) is 13.2 Å². The Morgan fingerprint density at radius 2 is 1.55 bits per heavy atom. The molecule has 0 fully saturated rings. The van der Waals surface area contributed by atoms with E-state index in [4.69, 9.17) is 17.3 Å². The van der Waals surface area contributed by atoms with Gasteiger partial charge in [-0.2, -0.15) is 0 Å². The minimum Gasteiger partial charge on any atom is -0.327 e. The van der Waals surface area contributed by atoms with Gasteiger partial charge in [0, 0.05) is 11.6 Å². The van der Waals surface area contributed by atoms with Crippen molar-refractivity contribution in [3.63, 3.8) is 0 Å². The van der Waals surface area contributed by atoms with Crippen molar-refractivity contribution in [1.29, 1.82) is 0 Å². The van der Waals surface area contributed by atoms with Gasteiger partial charge in [-0.05, 0) is 36.6 Å². The van der Waals surface area contributed by atoms with Crippen molar-refractivity contribution in [1.82, 2.24) is 0 Å². The molecule has 0 aliphatic heterocycles. The summed E-state index contributed by atoms with van der Waals surface area (Å²) in [4.78, 5) is 0. The average molecular weight is 300 g/mol. The predicted octanol–water partition coefficient (Wildman–Crippen LogP) is 3.87. The summed E-state index contributed by atoms with van der Waals surface area (Å²) in [6.07, 6.45) is 0.143. The Morgan fingerprint density at radius 1 is 0.950 bits per heavy atom. The van der Waals surface area contributed by atoms with Gasteiger partial charge in [-0.25, -0.2) is 13.2 Å². The molecule has 0 saturated carbocycles. The van der Waals surface area contributed by atoms with E-state index in [0.717, 1.165) is 0 Å². The van der Waals surface area contributed by atoms with Gasteiger partial charge in [0.1, 0.15) is 17.5 Å². The van der Waals surface area contributed by atoms with Crippen LogP contribution in [0.15, 0.2) is 36.4 Å². The minimum atomic E-state index is -0.646. The number of rotatable bonds is 4. The third-order valence-corrected chi connectivity index (χ3v) is 3.33. The van der Waals surface area contributed by atoms with E-state index in [0.29, 0.717) is 5.56 Å². The van der Waals surface area contributed by atoms with Crippen LogP contribution in [-0.4, -0.2) is 6.04 Å². The number of halogens is 4. The molecule has 2 N–H and O–H groups in total. The molecular formula is C15H13ClF3N. The Morgan fingerprint density at radius 3 is 2.20 bits per heavy atom. The van der Waals surface area contributed by atoms with Gasteiger partial charge in [-0.3, -0.25) is 0 Å². The van der Waals surface area contributed by atoms with Crippen LogP contribution < -0.4 is 5.73 Å². The van der Waals surface area contributed by atoms with Crippen LogP contribution in [0.5, 0.6) is 0 Å². The molecular weight excluding hydrogens is 287 g/mol. The molecule has 1 atom stereocenters. The van der Waals surface area contributed by atoms with Crippen molar-refractivity contribution < 1.29 is 13.2 Å². The summed E-state index contributed by atoms with van der Waals surface area (Å²) in [6.45, 7) is 0. The average Bonchev–Trinajstić information content (AvgIpc) is 2.39. The number of hydrogen-bond donors (Lipinski definition) is 1. The summed E-state index contributed by atoms with van der Waals surface area (Å²) < 4.78 is 40.7. The Labute approximate surface area is 120 Å². The molecule has 0 heterocycles. The van der Waals surface area contributed by atoms with Crippen LogP contribution >= 0.6 is 11.6 Å². The molecule has 1 nitrogen and oxygen atoms in total. The molecule has 2 rings (SSSR count). The maximum Gasteiger partial charge on any atom is 0.145 e. The second kappa shape index (κ2) is 6.29. The summed E-state index contributed by atoms with van der Waals surface area (Å²) in [5.74, 6) is -1.84. The number of benzene rings is 2. The first-order valence-electron chi connectivity index (χ1n) is 6.10. The molecule has 106 valence electrons. The summed E-state index contributed by atoms with van der Waals surface area (Å²) in [6, 6.07) is 7.62. The van der Waals surface area contributed by atoms with E-state index in [2.05, 4.69) is 0 Å². The van der Waals surface area contributed by atoms with Gasteiger partial charge < -0.3 is 5.73 Å². The highest BCUT2D eigenvalue weighted by atomic mass is 35.5. The van der Waals surface area contributed by atoms with Gasteiger partial charge in [0.05, 0.1) is 5.02 Å². The highest BCUT2D eigenvalue weighted by Gasteiger charge is 2.15. The Balaban J connectivity index is 2.13. The largest absolute Gasteiger partial charge is 0.327 e. The number of nitrogens with two attached hydrogens (primary N) is 1. The van der Waals surface area contributed by atoms with Crippen LogP contribution in [0.1, 0.15) is 11.1 Å². The SMILES string of the molecule is NC(Cc1cccc(Cl)c1F)Cc1c(F)cccc1F. The van der Waals surface area contributed by atoms with Crippen molar-refractivity contribution in [2.75, 3.05) is 0 Å². The Bertz CT molecular complexity index is 596. The van der Waals surface area contributed by atoms with E-state index in [-0.39, 0.29) is 23.4 Å². The molecule has 0 aliphatic rings. The van der Waals surface area contributed by atoms with Crippen LogP contribution in [0.3, 0.4) is 0 Å². The van der Waals surface area contributed by atoms with Gasteiger partial charge in [-0.1, -0.05) is 29.8 Å². The maximum atomic E-state index is 13.7. The van der Waals surface area contributed by atoms with Crippen molar-refractivity contribution in [2.24, 2.45) is 5.73 Å². The Hall–Kier alpha value is -1.52. The first kappa shape index (κ1) is 14.9. The topological polar surface area (TPSA) is 26.0 Å². The lowest BCUT2D eigenvalue weighted by Gasteiger charge is -2.14. The summed E-state index contributed by atoms with van der Waals surface area (Å²) in [5.41, 5.74) is 6.11. The lowest BCUT2D eigenvalue weighted by molar-refractivity contribution is 0.528. The third kappa shape index (κ3) is 3.32. The Kier molecular flexibility index (Phi) is 4.68. The molecule has 0 saturated heterocycles. The fourth-order valence-corrected chi connectivity index (χ4v) is 2.24. The van der Waals surface area contributed by atoms with E-state index >= 15 is 0 Å². The number of hydrogen-bond acceptors (Lipinski definition) is 1. The first-order chi connectivity index (χ1) is 9.49. The van der Waals surface area contributed by atoms with Gasteiger partial charge in [-0.15, -0.1) is 0 Å². The maximum absolute atomic E-state index is 13.7. The molecule has 2 aromatic rings. The van der Waals surface area contributed by atoms with Crippen molar-refractivity contribution in [2.45, 2.75) is 18.9 Å². The molecule has 5 heteroatoms. The lowest BCUT2D eigenvalue weighted by atomic mass is 9.99. The summed E-state index contributed by atoms with van der Waals surface area (Å²) >= 11 is 5.67. The summed E-state index contributed by atoms with van der Waals surface area (Å²) in [7, 11) is 0. The van der Waals surface area contributed by atoms with E-state index < -0.39 is 23.5 Å². The second-order valence-corrected chi connectivity index (χ2v) is 4.99.